The smallest absolute Gasteiger partial charge is 0.181 e. The van der Waals surface area contributed by atoms with Crippen LogP contribution in [0.4, 0.5) is 0 Å². The molecular weight excluding hydrogens is 226 g/mol. The van der Waals surface area contributed by atoms with Crippen molar-refractivity contribution in [1.82, 2.24) is 10.6 Å². The topological polar surface area (TPSA) is 45.7 Å². The van der Waals surface area contributed by atoms with Gasteiger partial charge >= 0.3 is 0 Å². The second-order valence-electron chi connectivity index (χ2n) is 4.06. The molecule has 1 aliphatic rings. The normalized spacial score (nSPS) is 17.1. The van der Waals surface area contributed by atoms with Crippen LogP contribution in [0, 0.1) is 0 Å². The first kappa shape index (κ1) is 17.0. The Hall–Kier alpha value is -1.03. The van der Waals surface area contributed by atoms with Crippen molar-refractivity contribution in [1.29, 1.82) is 0 Å². The molecule has 0 aliphatic heterocycles. The molecule has 106 valence electrons. The second-order valence-corrected chi connectivity index (χ2v) is 4.06. The Labute approximate surface area is 112 Å². The van der Waals surface area contributed by atoms with Gasteiger partial charge in [-0.3, -0.25) is 10.3 Å². The molecule has 1 aliphatic carbocycles. The van der Waals surface area contributed by atoms with E-state index in [0.717, 1.165) is 6.42 Å². The number of nitrogens with one attached hydrogen (secondary N) is 2. The first-order valence-corrected chi connectivity index (χ1v) is 7.03. The summed E-state index contributed by atoms with van der Waals surface area (Å²) in [6, 6.07) is 0.566. The monoisotopic (exact) mass is 255 g/mol. The van der Waals surface area contributed by atoms with Crippen molar-refractivity contribution in [3.63, 3.8) is 0 Å². The summed E-state index contributed by atoms with van der Waals surface area (Å²) in [7, 11) is 1.60. The highest BCUT2D eigenvalue weighted by Crippen LogP contribution is 2.18. The Kier molecular flexibility index (Phi) is 10.4. The highest BCUT2D eigenvalue weighted by atomic mass is 16.5. The molecule has 0 bridgehead atoms. The Bertz CT molecular complexity index is 235. The van der Waals surface area contributed by atoms with E-state index in [2.05, 4.69) is 29.1 Å². The van der Waals surface area contributed by atoms with E-state index in [1.807, 2.05) is 20.1 Å². The van der Waals surface area contributed by atoms with E-state index in [1.165, 1.54) is 25.7 Å². The molecule has 0 amide bonds. The summed E-state index contributed by atoms with van der Waals surface area (Å²) in [6.07, 6.45) is 7.82. The minimum absolute atomic E-state index is 0.115. The average Bonchev–Trinajstić information content (AvgIpc) is 2.91. The molecule has 2 N–H and O–H groups in total. The highest BCUT2D eigenvalue weighted by molar-refractivity contribution is 5.56. The minimum Gasteiger partial charge on any atom is -0.483 e. The predicted molar refractivity (Wildman–Crippen MR) is 78.6 cm³/mol. The van der Waals surface area contributed by atoms with E-state index >= 15 is 0 Å². The molecule has 1 saturated carbocycles. The van der Waals surface area contributed by atoms with Crippen LogP contribution in [0.25, 0.3) is 0 Å². The molecule has 0 heterocycles. The Balaban J connectivity index is 0.00000137. The fourth-order valence-electron chi connectivity index (χ4n) is 1.86. The van der Waals surface area contributed by atoms with Gasteiger partial charge in [-0.05, 0) is 25.8 Å². The first-order valence-electron chi connectivity index (χ1n) is 7.03. The van der Waals surface area contributed by atoms with Crippen molar-refractivity contribution < 1.29 is 4.74 Å². The van der Waals surface area contributed by atoms with Gasteiger partial charge in [-0.1, -0.05) is 33.6 Å². The van der Waals surface area contributed by atoms with Crippen molar-refractivity contribution in [3.05, 3.63) is 12.5 Å². The van der Waals surface area contributed by atoms with Crippen molar-refractivity contribution in [3.8, 4) is 0 Å². The third-order valence-electron chi connectivity index (χ3n) is 2.73. The molecular formula is C14H29N3O. The largest absolute Gasteiger partial charge is 0.483 e. The summed E-state index contributed by atoms with van der Waals surface area (Å²) >= 11 is 0. The molecule has 0 aromatic heterocycles. The van der Waals surface area contributed by atoms with E-state index < -0.39 is 0 Å². The van der Waals surface area contributed by atoms with Crippen LogP contribution in [0.5, 0.6) is 0 Å². The van der Waals surface area contributed by atoms with Gasteiger partial charge in [0.25, 0.3) is 0 Å². The molecule has 4 heteroatoms. The van der Waals surface area contributed by atoms with Gasteiger partial charge in [-0.25, -0.2) is 0 Å². The van der Waals surface area contributed by atoms with Crippen molar-refractivity contribution in [2.45, 2.75) is 65.2 Å². The molecule has 0 aromatic carbocycles. The van der Waals surface area contributed by atoms with Crippen LogP contribution in [0.3, 0.4) is 0 Å². The molecule has 0 radical (unpaired) electrons. The summed E-state index contributed by atoms with van der Waals surface area (Å²) in [5.74, 6) is 0.545. The maximum absolute atomic E-state index is 5.01. The quantitative estimate of drug-likeness (QED) is 0.417. The average molecular weight is 255 g/mol. The Morgan fingerprint density at radius 2 is 2.06 bits per heavy atom. The summed E-state index contributed by atoms with van der Waals surface area (Å²) < 4.78 is 5.01. The molecule has 0 saturated heterocycles. The standard InChI is InChI=1S/C12H23N3O.C2H6/c1-4-9-13-12(14-10(2)16-3)15-11-7-5-6-8-11;1-2/h9,11-12,14-15H,2,4-8H2,1,3H3;1-2H3/b13-9+;. The molecule has 1 unspecified atom stereocenters. The molecule has 1 atom stereocenters. The van der Waals surface area contributed by atoms with Crippen LogP contribution >= 0.6 is 0 Å². The SMILES string of the molecule is C=C(NC(/N=C/CC)NC1CCCC1)OC.CC. The maximum Gasteiger partial charge on any atom is 0.181 e. The third-order valence-corrected chi connectivity index (χ3v) is 2.73. The zero-order valence-corrected chi connectivity index (χ0v) is 12.3. The zero-order chi connectivity index (χ0) is 13.8. The lowest BCUT2D eigenvalue weighted by atomic mass is 10.2. The summed E-state index contributed by atoms with van der Waals surface area (Å²) in [5.41, 5.74) is 0. The predicted octanol–water partition coefficient (Wildman–Crippen LogP) is 3.02. The number of hydrogen-bond acceptors (Lipinski definition) is 4. The van der Waals surface area contributed by atoms with Gasteiger partial charge in [-0.2, -0.15) is 0 Å². The van der Waals surface area contributed by atoms with Crippen molar-refractivity contribution in [2.75, 3.05) is 7.11 Å². The van der Waals surface area contributed by atoms with Crippen LogP contribution in [-0.2, 0) is 4.74 Å². The third kappa shape index (κ3) is 7.33. The minimum atomic E-state index is -0.115. The highest BCUT2D eigenvalue weighted by Gasteiger charge is 2.18. The molecule has 1 fully saturated rings. The summed E-state index contributed by atoms with van der Waals surface area (Å²) in [6.45, 7) is 9.82. The molecule has 0 spiro atoms. The van der Waals surface area contributed by atoms with Crippen LogP contribution in [0.15, 0.2) is 17.5 Å². The zero-order valence-electron chi connectivity index (χ0n) is 12.3. The number of methoxy groups -OCH3 is 1. The fraction of sp³-hybridized carbons (Fsp3) is 0.786. The van der Waals surface area contributed by atoms with Crippen LogP contribution in [0.1, 0.15) is 52.9 Å². The van der Waals surface area contributed by atoms with E-state index in [1.54, 1.807) is 7.11 Å². The van der Waals surface area contributed by atoms with Crippen molar-refractivity contribution >= 4 is 6.21 Å². The van der Waals surface area contributed by atoms with Crippen molar-refractivity contribution in [2.24, 2.45) is 4.99 Å². The molecule has 0 aromatic rings. The Morgan fingerprint density at radius 1 is 1.44 bits per heavy atom. The first-order chi connectivity index (χ1) is 8.76. The van der Waals surface area contributed by atoms with Gasteiger partial charge in [-0.15, -0.1) is 0 Å². The van der Waals surface area contributed by atoms with Gasteiger partial charge in [0.15, 0.2) is 12.2 Å². The maximum atomic E-state index is 5.01. The number of ether oxygens (including phenoxy) is 1. The van der Waals surface area contributed by atoms with E-state index in [0.29, 0.717) is 11.9 Å². The van der Waals surface area contributed by atoms with Gasteiger partial charge < -0.3 is 10.1 Å². The van der Waals surface area contributed by atoms with Crippen LogP contribution in [0.2, 0.25) is 0 Å². The van der Waals surface area contributed by atoms with Gasteiger partial charge in [0, 0.05) is 12.3 Å². The fourth-order valence-corrected chi connectivity index (χ4v) is 1.86. The van der Waals surface area contributed by atoms with Crippen LogP contribution < -0.4 is 10.6 Å². The van der Waals surface area contributed by atoms with E-state index in [9.17, 15) is 0 Å². The van der Waals surface area contributed by atoms with E-state index in [-0.39, 0.29) is 6.29 Å². The lowest BCUT2D eigenvalue weighted by Gasteiger charge is -2.21. The Morgan fingerprint density at radius 3 is 2.56 bits per heavy atom. The number of nitrogens with zero attached hydrogens (tertiary/aromatic N) is 1. The second kappa shape index (κ2) is 11.1. The van der Waals surface area contributed by atoms with Gasteiger partial charge in [0.2, 0.25) is 0 Å². The van der Waals surface area contributed by atoms with Gasteiger partial charge in [0.05, 0.1) is 7.11 Å². The lowest BCUT2D eigenvalue weighted by molar-refractivity contribution is 0.239. The number of hydrogen-bond donors (Lipinski definition) is 2. The van der Waals surface area contributed by atoms with Crippen LogP contribution in [-0.4, -0.2) is 25.7 Å². The van der Waals surface area contributed by atoms with Gasteiger partial charge in [0.1, 0.15) is 0 Å². The lowest BCUT2D eigenvalue weighted by Crippen LogP contribution is -2.45. The summed E-state index contributed by atoms with van der Waals surface area (Å²) in [4.78, 5) is 4.41. The number of aliphatic imine (C=N–C) groups is 1. The van der Waals surface area contributed by atoms with E-state index in [4.69, 9.17) is 4.74 Å². The summed E-state index contributed by atoms with van der Waals surface area (Å²) in [5, 5.41) is 6.57. The number of rotatable bonds is 7. The molecule has 4 nitrogen and oxygen atoms in total. The molecule has 18 heavy (non-hydrogen) atoms. The molecule has 1 rings (SSSR count).